The predicted octanol–water partition coefficient (Wildman–Crippen LogP) is 7.54. The summed E-state index contributed by atoms with van der Waals surface area (Å²) in [4.78, 5) is 24.4. The van der Waals surface area contributed by atoms with E-state index in [2.05, 4.69) is 46.9 Å². The molecule has 1 aliphatic rings. The molecule has 0 saturated heterocycles. The van der Waals surface area contributed by atoms with Crippen LogP contribution < -0.4 is 5.32 Å². The number of hydrogen-bond acceptors (Lipinski definition) is 5. The highest BCUT2D eigenvalue weighted by molar-refractivity contribution is 5.78. The van der Waals surface area contributed by atoms with Gasteiger partial charge in [-0.3, -0.25) is 9.59 Å². The highest BCUT2D eigenvalue weighted by Crippen LogP contribution is 2.33. The van der Waals surface area contributed by atoms with Gasteiger partial charge in [0.1, 0.15) is 11.6 Å². The van der Waals surface area contributed by atoms with Gasteiger partial charge in [0.25, 0.3) is 0 Å². The van der Waals surface area contributed by atoms with Crippen LogP contribution in [-0.4, -0.2) is 42.7 Å². The van der Waals surface area contributed by atoms with Gasteiger partial charge in [0.2, 0.25) is 0 Å². The summed E-state index contributed by atoms with van der Waals surface area (Å²) in [7, 11) is 0. The van der Waals surface area contributed by atoms with E-state index < -0.39 is 5.79 Å². The van der Waals surface area contributed by atoms with Crippen molar-refractivity contribution in [1.29, 1.82) is 0 Å². The SMILES string of the molecule is CC(C)(C)CCCC(=O)CCCOC1(OCCCC(=O)CCCCCNC(C)(C)C)CCCCC1. The lowest BCUT2D eigenvalue weighted by atomic mass is 9.89. The Morgan fingerprint density at radius 1 is 0.686 bits per heavy atom. The first-order valence-electron chi connectivity index (χ1n) is 14.5. The van der Waals surface area contributed by atoms with Gasteiger partial charge in [-0.05, 0) is 84.1 Å². The lowest BCUT2D eigenvalue weighted by Crippen LogP contribution is -2.39. The Morgan fingerprint density at radius 3 is 1.71 bits per heavy atom. The standard InChI is InChI=1S/C30H57NO4/c1-28(2,3)20-13-17-27(33)19-15-25-35-30(21-10-8-11-22-30)34-24-14-18-26(32)16-9-7-12-23-31-29(4,5)6/h31H,7-25H2,1-6H3. The van der Waals surface area contributed by atoms with E-state index in [1.165, 1.54) is 6.42 Å². The summed E-state index contributed by atoms with van der Waals surface area (Å²) in [6.45, 7) is 15.4. The Bertz CT molecular complexity index is 582. The minimum absolute atomic E-state index is 0.165. The van der Waals surface area contributed by atoms with Crippen molar-refractivity contribution in [2.75, 3.05) is 19.8 Å². The number of carbonyl (C=O) groups excluding carboxylic acids is 2. The fourth-order valence-electron chi connectivity index (χ4n) is 4.63. The summed E-state index contributed by atoms with van der Waals surface area (Å²) in [5, 5.41) is 3.49. The first-order chi connectivity index (χ1) is 16.4. The topological polar surface area (TPSA) is 64.6 Å². The number of ether oxygens (including phenoxy) is 2. The van der Waals surface area contributed by atoms with Gasteiger partial charge in [0.15, 0.2) is 5.79 Å². The molecule has 0 bridgehead atoms. The van der Waals surface area contributed by atoms with Crippen molar-refractivity contribution < 1.29 is 19.1 Å². The lowest BCUT2D eigenvalue weighted by molar-refractivity contribution is -0.253. The van der Waals surface area contributed by atoms with Crippen LogP contribution in [0.3, 0.4) is 0 Å². The van der Waals surface area contributed by atoms with Gasteiger partial charge in [0.05, 0.1) is 13.2 Å². The van der Waals surface area contributed by atoms with Crippen molar-refractivity contribution in [2.45, 2.75) is 156 Å². The monoisotopic (exact) mass is 495 g/mol. The Hall–Kier alpha value is -0.780. The number of nitrogens with one attached hydrogen (secondary N) is 1. The Morgan fingerprint density at radius 2 is 1.20 bits per heavy atom. The maximum absolute atomic E-state index is 12.2. The molecule has 206 valence electrons. The molecule has 0 atom stereocenters. The summed E-state index contributed by atoms with van der Waals surface area (Å²) in [5.41, 5.74) is 0.459. The van der Waals surface area contributed by atoms with Crippen molar-refractivity contribution in [1.82, 2.24) is 5.32 Å². The molecule has 5 heteroatoms. The molecule has 35 heavy (non-hydrogen) atoms. The Labute approximate surface area is 216 Å². The smallest absolute Gasteiger partial charge is 0.168 e. The molecule has 0 unspecified atom stereocenters. The summed E-state index contributed by atoms with van der Waals surface area (Å²) in [6.07, 6.45) is 14.7. The molecular weight excluding hydrogens is 438 g/mol. The molecule has 1 aliphatic carbocycles. The van der Waals surface area contributed by atoms with Gasteiger partial charge in [-0.2, -0.15) is 0 Å². The first kappa shape index (κ1) is 32.2. The van der Waals surface area contributed by atoms with Gasteiger partial charge in [-0.1, -0.05) is 33.6 Å². The average Bonchev–Trinajstić information content (AvgIpc) is 2.76. The van der Waals surface area contributed by atoms with E-state index in [0.717, 1.165) is 77.2 Å². The number of unbranched alkanes of at least 4 members (excludes halogenated alkanes) is 2. The largest absolute Gasteiger partial charge is 0.350 e. The zero-order valence-corrected chi connectivity index (χ0v) is 24.1. The Balaban J connectivity index is 2.18. The fourth-order valence-corrected chi connectivity index (χ4v) is 4.63. The number of ketones is 2. The molecule has 1 rings (SSSR count). The number of hydrogen-bond donors (Lipinski definition) is 1. The van der Waals surface area contributed by atoms with Gasteiger partial charge in [-0.15, -0.1) is 0 Å². The summed E-state index contributed by atoms with van der Waals surface area (Å²) in [5.74, 6) is 0.192. The van der Waals surface area contributed by atoms with Crippen molar-refractivity contribution >= 4 is 11.6 Å². The van der Waals surface area contributed by atoms with Crippen molar-refractivity contribution in [3.05, 3.63) is 0 Å². The first-order valence-corrected chi connectivity index (χ1v) is 14.5. The summed E-state index contributed by atoms with van der Waals surface area (Å²) >= 11 is 0. The minimum atomic E-state index is -0.503. The number of rotatable bonds is 19. The second-order valence-corrected chi connectivity index (χ2v) is 12.9. The highest BCUT2D eigenvalue weighted by atomic mass is 16.7. The molecule has 0 heterocycles. The lowest BCUT2D eigenvalue weighted by Gasteiger charge is -2.37. The fraction of sp³-hybridized carbons (Fsp3) is 0.933. The maximum Gasteiger partial charge on any atom is 0.168 e. The van der Waals surface area contributed by atoms with Crippen LogP contribution >= 0.6 is 0 Å². The van der Waals surface area contributed by atoms with Crippen molar-refractivity contribution in [3.8, 4) is 0 Å². The van der Waals surface area contributed by atoms with E-state index in [9.17, 15) is 9.59 Å². The molecule has 0 aromatic carbocycles. The van der Waals surface area contributed by atoms with E-state index in [0.29, 0.717) is 55.9 Å². The summed E-state index contributed by atoms with van der Waals surface area (Å²) < 4.78 is 12.5. The molecule has 0 amide bonds. The molecule has 0 aromatic heterocycles. The van der Waals surface area contributed by atoms with Gasteiger partial charge >= 0.3 is 0 Å². The van der Waals surface area contributed by atoms with E-state index in [1.807, 2.05) is 0 Å². The van der Waals surface area contributed by atoms with E-state index in [1.54, 1.807) is 0 Å². The molecule has 1 saturated carbocycles. The maximum atomic E-state index is 12.2. The molecule has 0 radical (unpaired) electrons. The van der Waals surface area contributed by atoms with E-state index in [-0.39, 0.29) is 5.54 Å². The Kier molecular flexibility index (Phi) is 15.5. The molecular formula is C30H57NO4. The third-order valence-electron chi connectivity index (χ3n) is 6.72. The van der Waals surface area contributed by atoms with E-state index >= 15 is 0 Å². The molecule has 5 nitrogen and oxygen atoms in total. The van der Waals surface area contributed by atoms with Gasteiger partial charge in [0, 0.05) is 44.1 Å². The van der Waals surface area contributed by atoms with Gasteiger partial charge < -0.3 is 14.8 Å². The number of carbonyl (C=O) groups is 2. The predicted molar refractivity (Wildman–Crippen MR) is 146 cm³/mol. The van der Waals surface area contributed by atoms with E-state index in [4.69, 9.17) is 9.47 Å². The van der Waals surface area contributed by atoms with Gasteiger partial charge in [-0.25, -0.2) is 0 Å². The van der Waals surface area contributed by atoms with Crippen LogP contribution in [0.4, 0.5) is 0 Å². The second-order valence-electron chi connectivity index (χ2n) is 12.9. The second kappa shape index (κ2) is 16.9. The third kappa shape index (κ3) is 18.2. The van der Waals surface area contributed by atoms with Crippen LogP contribution in [0.5, 0.6) is 0 Å². The molecule has 0 aromatic rings. The van der Waals surface area contributed by atoms with Crippen LogP contribution in [0.15, 0.2) is 0 Å². The minimum Gasteiger partial charge on any atom is -0.350 e. The van der Waals surface area contributed by atoms with Crippen LogP contribution in [-0.2, 0) is 19.1 Å². The van der Waals surface area contributed by atoms with Crippen molar-refractivity contribution in [2.24, 2.45) is 5.41 Å². The molecule has 1 N–H and O–H groups in total. The molecule has 0 aliphatic heterocycles. The van der Waals surface area contributed by atoms with Crippen LogP contribution in [0.1, 0.15) is 144 Å². The van der Waals surface area contributed by atoms with Crippen LogP contribution in [0.25, 0.3) is 0 Å². The normalized spacial score (nSPS) is 16.4. The average molecular weight is 496 g/mol. The highest BCUT2D eigenvalue weighted by Gasteiger charge is 2.33. The summed E-state index contributed by atoms with van der Waals surface area (Å²) in [6, 6.07) is 0. The number of Topliss-reactive ketones (excluding diaryl/α,β-unsaturated/α-hetero) is 2. The van der Waals surface area contributed by atoms with Crippen molar-refractivity contribution in [3.63, 3.8) is 0 Å². The molecule has 1 fully saturated rings. The third-order valence-corrected chi connectivity index (χ3v) is 6.72. The van der Waals surface area contributed by atoms with Crippen LogP contribution in [0, 0.1) is 5.41 Å². The zero-order chi connectivity index (χ0) is 26.2. The quantitative estimate of drug-likeness (QED) is 0.148. The zero-order valence-electron chi connectivity index (χ0n) is 24.1. The molecule has 0 spiro atoms. The van der Waals surface area contributed by atoms with Crippen LogP contribution in [0.2, 0.25) is 0 Å².